The van der Waals surface area contributed by atoms with Gasteiger partial charge in [-0.05, 0) is 46.9 Å². The quantitative estimate of drug-likeness (QED) is 0.771. The van der Waals surface area contributed by atoms with E-state index in [2.05, 4.69) is 27.9 Å². The van der Waals surface area contributed by atoms with Gasteiger partial charge in [0.2, 0.25) is 5.91 Å². The van der Waals surface area contributed by atoms with Gasteiger partial charge in [-0.1, -0.05) is 24.3 Å². The van der Waals surface area contributed by atoms with Crippen molar-refractivity contribution in [3.8, 4) is 5.75 Å². The molecular weight excluding hydrogens is 407 g/mol. The molecule has 0 aliphatic carbocycles. The summed E-state index contributed by atoms with van der Waals surface area (Å²) in [4.78, 5) is 25.8. The minimum absolute atomic E-state index is 0.00914. The van der Waals surface area contributed by atoms with E-state index in [1.54, 1.807) is 4.90 Å². The second-order valence-corrected chi connectivity index (χ2v) is 6.24. The van der Waals surface area contributed by atoms with Crippen molar-refractivity contribution < 1.29 is 14.3 Å². The maximum Gasteiger partial charge on any atom is 0.265 e. The molecule has 0 unspecified atom stereocenters. The van der Waals surface area contributed by atoms with Gasteiger partial charge < -0.3 is 15.0 Å². The molecule has 0 atom stereocenters. The molecule has 0 saturated heterocycles. The summed E-state index contributed by atoms with van der Waals surface area (Å²) in [5.74, 6) is 0.418. The largest absolute Gasteiger partial charge is 0.482 e. The smallest absolute Gasteiger partial charge is 0.265 e. The van der Waals surface area contributed by atoms with Crippen LogP contribution in [0.2, 0.25) is 0 Å². The van der Waals surface area contributed by atoms with Crippen molar-refractivity contribution in [2.45, 2.75) is 6.42 Å². The van der Waals surface area contributed by atoms with Crippen LogP contribution in [0.4, 0.5) is 11.4 Å². The number of hydrogen-bond acceptors (Lipinski definition) is 3. The first-order valence-corrected chi connectivity index (χ1v) is 8.29. The molecule has 23 heavy (non-hydrogen) atoms. The van der Waals surface area contributed by atoms with Crippen molar-refractivity contribution in [3.63, 3.8) is 0 Å². The van der Waals surface area contributed by atoms with Crippen LogP contribution < -0.4 is 15.0 Å². The van der Waals surface area contributed by atoms with Gasteiger partial charge in [0.1, 0.15) is 5.75 Å². The molecule has 118 valence electrons. The van der Waals surface area contributed by atoms with Crippen LogP contribution in [-0.2, 0) is 9.59 Å². The van der Waals surface area contributed by atoms with Gasteiger partial charge in [0.05, 0.1) is 11.4 Å². The fourth-order valence-corrected chi connectivity index (χ4v) is 2.91. The van der Waals surface area contributed by atoms with Crippen molar-refractivity contribution in [1.29, 1.82) is 0 Å². The highest BCUT2D eigenvalue weighted by molar-refractivity contribution is 14.1. The summed E-state index contributed by atoms with van der Waals surface area (Å²) >= 11 is 2.17. The predicted octanol–water partition coefficient (Wildman–Crippen LogP) is 3.05. The average Bonchev–Trinajstić information content (AvgIpc) is 2.56. The van der Waals surface area contributed by atoms with Gasteiger partial charge in [0.15, 0.2) is 6.61 Å². The minimum Gasteiger partial charge on any atom is -0.482 e. The Kier molecular flexibility index (Phi) is 4.80. The van der Waals surface area contributed by atoms with Crippen LogP contribution in [0.1, 0.15) is 6.42 Å². The summed E-state index contributed by atoms with van der Waals surface area (Å²) in [5.41, 5.74) is 1.50. The lowest BCUT2D eigenvalue weighted by Crippen LogP contribution is -2.40. The molecule has 2 aromatic carbocycles. The number of para-hydroxylation sites is 3. The molecule has 0 spiro atoms. The van der Waals surface area contributed by atoms with E-state index in [4.69, 9.17) is 4.74 Å². The van der Waals surface area contributed by atoms with Crippen molar-refractivity contribution >= 4 is 45.8 Å². The number of hydrogen-bond donors (Lipinski definition) is 1. The van der Waals surface area contributed by atoms with Gasteiger partial charge in [0.25, 0.3) is 5.91 Å². The molecule has 0 aromatic heterocycles. The van der Waals surface area contributed by atoms with E-state index in [1.165, 1.54) is 0 Å². The number of halogens is 1. The van der Waals surface area contributed by atoms with Crippen molar-refractivity contribution in [2.24, 2.45) is 0 Å². The SMILES string of the molecule is O=C(CCN1C(=O)COc2ccccc21)Nc1ccccc1I. The van der Waals surface area contributed by atoms with Gasteiger partial charge in [-0.25, -0.2) is 0 Å². The monoisotopic (exact) mass is 422 g/mol. The van der Waals surface area contributed by atoms with E-state index in [-0.39, 0.29) is 24.8 Å². The molecule has 6 heteroatoms. The summed E-state index contributed by atoms with van der Waals surface area (Å²) in [6.07, 6.45) is 0.227. The second-order valence-electron chi connectivity index (χ2n) is 5.08. The number of ether oxygens (including phenoxy) is 1. The van der Waals surface area contributed by atoms with Gasteiger partial charge >= 0.3 is 0 Å². The highest BCUT2D eigenvalue weighted by Gasteiger charge is 2.25. The van der Waals surface area contributed by atoms with Crippen LogP contribution in [-0.4, -0.2) is 25.0 Å². The number of benzene rings is 2. The molecule has 5 nitrogen and oxygen atoms in total. The van der Waals surface area contributed by atoms with Crippen molar-refractivity contribution in [3.05, 3.63) is 52.1 Å². The molecule has 2 amide bonds. The summed E-state index contributed by atoms with van der Waals surface area (Å²) in [6, 6.07) is 14.9. The Morgan fingerprint density at radius 3 is 2.74 bits per heavy atom. The summed E-state index contributed by atoms with van der Waals surface area (Å²) in [5, 5.41) is 2.87. The van der Waals surface area contributed by atoms with Crippen molar-refractivity contribution in [2.75, 3.05) is 23.4 Å². The Hall–Kier alpha value is -2.09. The van der Waals surface area contributed by atoms with Crippen LogP contribution >= 0.6 is 22.6 Å². The standard InChI is InChI=1S/C17H15IN2O3/c18-12-5-1-2-6-13(12)19-16(21)9-10-20-14-7-3-4-8-15(14)23-11-17(20)22/h1-8H,9-11H2,(H,19,21). The Morgan fingerprint density at radius 1 is 1.17 bits per heavy atom. The van der Waals surface area contributed by atoms with E-state index in [0.29, 0.717) is 18.0 Å². The first kappa shape index (κ1) is 15.8. The van der Waals surface area contributed by atoms with Crippen LogP contribution in [0.5, 0.6) is 5.75 Å². The van der Waals surface area contributed by atoms with E-state index in [1.807, 2.05) is 48.5 Å². The third-order valence-corrected chi connectivity index (χ3v) is 4.46. The van der Waals surface area contributed by atoms with Crippen LogP contribution in [0.25, 0.3) is 0 Å². The van der Waals surface area contributed by atoms with E-state index in [9.17, 15) is 9.59 Å². The topological polar surface area (TPSA) is 58.6 Å². The zero-order valence-corrected chi connectivity index (χ0v) is 14.4. The number of nitrogens with zero attached hydrogens (tertiary/aromatic N) is 1. The van der Waals surface area contributed by atoms with Crippen LogP contribution in [0.15, 0.2) is 48.5 Å². The van der Waals surface area contributed by atoms with Crippen molar-refractivity contribution in [1.82, 2.24) is 0 Å². The van der Waals surface area contributed by atoms with Crippen LogP contribution in [0.3, 0.4) is 0 Å². The number of rotatable bonds is 4. The minimum atomic E-state index is -0.134. The number of carbonyl (C=O) groups excluding carboxylic acids is 2. The number of amides is 2. The molecule has 0 bridgehead atoms. The highest BCUT2D eigenvalue weighted by atomic mass is 127. The van der Waals surface area contributed by atoms with Crippen LogP contribution in [0, 0.1) is 3.57 Å². The molecule has 0 fully saturated rings. The molecule has 1 N–H and O–H groups in total. The molecule has 3 rings (SSSR count). The summed E-state index contributed by atoms with van der Waals surface area (Å²) in [6.45, 7) is 0.337. The van der Waals surface area contributed by atoms with Gasteiger partial charge in [-0.3, -0.25) is 9.59 Å². The van der Waals surface area contributed by atoms with Gasteiger partial charge in [-0.15, -0.1) is 0 Å². The molecular formula is C17H15IN2O3. The molecule has 0 radical (unpaired) electrons. The molecule has 1 aliphatic rings. The zero-order valence-electron chi connectivity index (χ0n) is 12.3. The Labute approximate surface area is 147 Å². The lowest BCUT2D eigenvalue weighted by Gasteiger charge is -2.29. The number of fused-ring (bicyclic) bond motifs is 1. The first-order chi connectivity index (χ1) is 11.1. The summed E-state index contributed by atoms with van der Waals surface area (Å²) in [7, 11) is 0. The lowest BCUT2D eigenvalue weighted by molar-refractivity contribution is -0.121. The number of carbonyl (C=O) groups is 2. The fraction of sp³-hybridized carbons (Fsp3) is 0.176. The van der Waals surface area contributed by atoms with E-state index >= 15 is 0 Å². The zero-order chi connectivity index (χ0) is 16.2. The third-order valence-electron chi connectivity index (χ3n) is 3.52. The maximum absolute atomic E-state index is 12.1. The van der Waals surface area contributed by atoms with Gasteiger partial charge in [-0.2, -0.15) is 0 Å². The highest BCUT2D eigenvalue weighted by Crippen LogP contribution is 2.31. The Morgan fingerprint density at radius 2 is 1.91 bits per heavy atom. The molecule has 1 heterocycles. The molecule has 1 aliphatic heterocycles. The normalized spacial score (nSPS) is 13.3. The fourth-order valence-electron chi connectivity index (χ4n) is 2.39. The Bertz CT molecular complexity index is 748. The number of nitrogens with one attached hydrogen (secondary N) is 1. The van der Waals surface area contributed by atoms with E-state index in [0.717, 1.165) is 9.26 Å². The van der Waals surface area contributed by atoms with E-state index < -0.39 is 0 Å². The molecule has 0 saturated carbocycles. The Balaban J connectivity index is 1.65. The number of anilines is 2. The predicted molar refractivity (Wildman–Crippen MR) is 96.7 cm³/mol. The summed E-state index contributed by atoms with van der Waals surface area (Å²) < 4.78 is 6.37. The lowest BCUT2D eigenvalue weighted by atomic mass is 10.2. The molecule has 2 aromatic rings. The maximum atomic E-state index is 12.1. The second kappa shape index (κ2) is 6.99. The first-order valence-electron chi connectivity index (χ1n) is 7.22. The van der Waals surface area contributed by atoms with Gasteiger partial charge in [0, 0.05) is 16.5 Å². The third kappa shape index (κ3) is 3.64. The average molecular weight is 422 g/mol.